The second kappa shape index (κ2) is 6.87. The molecule has 2 N–H and O–H groups in total. The fourth-order valence-corrected chi connectivity index (χ4v) is 7.58. The number of aromatic nitrogens is 2. The molecule has 6 nitrogen and oxygen atoms in total. The van der Waals surface area contributed by atoms with Gasteiger partial charge >= 0.3 is 5.97 Å². The number of hydrogen-bond donors (Lipinski definition) is 2. The quantitative estimate of drug-likeness (QED) is 0.737. The minimum atomic E-state index is -0.929. The fraction of sp³-hybridized carbons (Fsp3) is 0.583. The maximum Gasteiger partial charge on any atom is 0.329 e. The lowest BCUT2D eigenvalue weighted by molar-refractivity contribution is -0.194. The van der Waals surface area contributed by atoms with E-state index < -0.39 is 12.1 Å². The van der Waals surface area contributed by atoms with Crippen LogP contribution in [0, 0.1) is 29.0 Å². The SMILES string of the molecule is O=C(O)COC1C2CC3C[C@@H]1CC(C(O)CC1c4c(F)cccc4-c4cncn41)(C3)C2. The van der Waals surface area contributed by atoms with Crippen molar-refractivity contribution in [1.82, 2.24) is 9.55 Å². The Morgan fingerprint density at radius 3 is 2.81 bits per heavy atom. The van der Waals surface area contributed by atoms with Crippen LogP contribution in [-0.2, 0) is 9.53 Å². The van der Waals surface area contributed by atoms with Crippen LogP contribution in [0.2, 0.25) is 0 Å². The first-order valence-electron chi connectivity index (χ1n) is 11.3. The molecule has 7 atom stereocenters. The van der Waals surface area contributed by atoms with E-state index in [1.54, 1.807) is 18.6 Å². The van der Waals surface area contributed by atoms with Crippen LogP contribution in [0.5, 0.6) is 0 Å². The first kappa shape index (κ1) is 19.4. The largest absolute Gasteiger partial charge is 0.480 e. The van der Waals surface area contributed by atoms with E-state index in [0.717, 1.165) is 43.4 Å². The lowest BCUT2D eigenvalue weighted by Crippen LogP contribution is -2.58. The van der Waals surface area contributed by atoms with E-state index in [1.807, 2.05) is 10.6 Å². The number of halogens is 1. The van der Waals surface area contributed by atoms with Gasteiger partial charge in [0, 0.05) is 11.1 Å². The number of carboxylic acid groups (broad SMARTS) is 1. The average molecular weight is 426 g/mol. The molecular formula is C24H27FN2O4. The van der Waals surface area contributed by atoms with Crippen molar-refractivity contribution < 1.29 is 24.1 Å². The number of aliphatic hydroxyl groups is 1. The van der Waals surface area contributed by atoms with E-state index in [9.17, 15) is 14.3 Å². The van der Waals surface area contributed by atoms with Crippen LogP contribution in [0.1, 0.15) is 50.1 Å². The molecule has 2 heterocycles. The second-order valence-corrected chi connectivity index (χ2v) is 10.2. The smallest absolute Gasteiger partial charge is 0.329 e. The molecule has 4 aliphatic carbocycles. The molecule has 2 aromatic rings. The van der Waals surface area contributed by atoms with Crippen molar-refractivity contribution in [3.63, 3.8) is 0 Å². The molecule has 0 amide bonds. The van der Waals surface area contributed by atoms with Crippen molar-refractivity contribution in [3.05, 3.63) is 42.1 Å². The number of carboxylic acids is 1. The number of carbonyl (C=O) groups is 1. The van der Waals surface area contributed by atoms with Crippen LogP contribution >= 0.6 is 0 Å². The van der Waals surface area contributed by atoms with E-state index >= 15 is 0 Å². The van der Waals surface area contributed by atoms with Crippen LogP contribution in [0.25, 0.3) is 11.3 Å². The Balaban J connectivity index is 1.26. The van der Waals surface area contributed by atoms with Crippen molar-refractivity contribution >= 4 is 5.97 Å². The molecule has 7 rings (SSSR count). The van der Waals surface area contributed by atoms with Crippen LogP contribution in [0.3, 0.4) is 0 Å². The minimum absolute atomic E-state index is 0.0159. The van der Waals surface area contributed by atoms with Crippen LogP contribution < -0.4 is 0 Å². The number of benzene rings is 1. The van der Waals surface area contributed by atoms with Gasteiger partial charge in [-0.2, -0.15) is 0 Å². The maximum atomic E-state index is 14.8. The molecule has 1 aromatic carbocycles. The van der Waals surface area contributed by atoms with Crippen molar-refractivity contribution in [2.75, 3.05) is 6.61 Å². The van der Waals surface area contributed by atoms with Gasteiger partial charge in [-0.15, -0.1) is 0 Å². The van der Waals surface area contributed by atoms with Crippen LogP contribution in [-0.4, -0.2) is 44.5 Å². The highest BCUT2D eigenvalue weighted by molar-refractivity contribution is 5.69. The summed E-state index contributed by atoms with van der Waals surface area (Å²) in [4.78, 5) is 15.3. The normalized spacial score (nSPS) is 35.7. The zero-order valence-electron chi connectivity index (χ0n) is 17.3. The van der Waals surface area contributed by atoms with Gasteiger partial charge in [0.05, 0.1) is 36.5 Å². The van der Waals surface area contributed by atoms with Crippen molar-refractivity contribution in [2.24, 2.45) is 23.2 Å². The first-order chi connectivity index (χ1) is 14.9. The first-order valence-corrected chi connectivity index (χ1v) is 11.3. The molecule has 7 heteroatoms. The Kier molecular flexibility index (Phi) is 4.31. The molecule has 0 spiro atoms. The number of rotatable bonds is 6. The van der Waals surface area contributed by atoms with Crippen LogP contribution in [0.15, 0.2) is 30.7 Å². The van der Waals surface area contributed by atoms with Gasteiger partial charge in [-0.3, -0.25) is 0 Å². The summed E-state index contributed by atoms with van der Waals surface area (Å²) >= 11 is 0. The van der Waals surface area contributed by atoms with Crippen molar-refractivity contribution in [1.29, 1.82) is 0 Å². The lowest BCUT2D eigenvalue weighted by atomic mass is 9.46. The molecule has 4 bridgehead atoms. The number of ether oxygens (including phenoxy) is 1. The summed E-state index contributed by atoms with van der Waals surface area (Å²) in [6.07, 6.45) is 8.23. The van der Waals surface area contributed by atoms with Gasteiger partial charge < -0.3 is 19.5 Å². The number of hydrogen-bond acceptors (Lipinski definition) is 4. The molecule has 0 saturated heterocycles. The molecule has 5 aliphatic rings. The molecule has 164 valence electrons. The monoisotopic (exact) mass is 426 g/mol. The third-order valence-electron chi connectivity index (χ3n) is 8.45. The number of nitrogens with zero attached hydrogens (tertiary/aromatic N) is 2. The van der Waals surface area contributed by atoms with Gasteiger partial charge in [-0.1, -0.05) is 12.1 Å². The van der Waals surface area contributed by atoms with Crippen LogP contribution in [0.4, 0.5) is 4.39 Å². The summed E-state index contributed by atoms with van der Waals surface area (Å²) in [5.74, 6) is 0.00853. The second-order valence-electron chi connectivity index (χ2n) is 10.2. The van der Waals surface area contributed by atoms with E-state index in [0.29, 0.717) is 29.7 Å². The molecule has 0 radical (unpaired) electrons. The molecule has 4 saturated carbocycles. The number of aliphatic hydroxyl groups excluding tert-OH is 1. The summed E-state index contributed by atoms with van der Waals surface area (Å²) in [5.41, 5.74) is 2.24. The average Bonchev–Trinajstić information content (AvgIpc) is 3.30. The van der Waals surface area contributed by atoms with Gasteiger partial charge in [0.25, 0.3) is 0 Å². The zero-order chi connectivity index (χ0) is 21.3. The van der Waals surface area contributed by atoms with E-state index in [1.165, 1.54) is 6.07 Å². The Bertz CT molecular complexity index is 1020. The Morgan fingerprint density at radius 1 is 1.29 bits per heavy atom. The molecule has 4 fully saturated rings. The van der Waals surface area contributed by atoms with E-state index in [4.69, 9.17) is 9.84 Å². The number of imidazole rings is 1. The van der Waals surface area contributed by atoms with Gasteiger partial charge in [-0.05, 0) is 67.8 Å². The van der Waals surface area contributed by atoms with E-state index in [-0.39, 0.29) is 30.0 Å². The molecule has 6 unspecified atom stereocenters. The summed E-state index contributed by atoms with van der Waals surface area (Å²) < 4.78 is 22.6. The Morgan fingerprint density at radius 2 is 2.06 bits per heavy atom. The number of fused-ring (bicyclic) bond motifs is 3. The predicted octanol–water partition coefficient (Wildman–Crippen LogP) is 3.64. The highest BCUT2D eigenvalue weighted by Gasteiger charge is 2.58. The molecular weight excluding hydrogens is 399 g/mol. The highest BCUT2D eigenvalue weighted by atomic mass is 19.1. The maximum absolute atomic E-state index is 14.8. The minimum Gasteiger partial charge on any atom is -0.480 e. The summed E-state index contributed by atoms with van der Waals surface area (Å²) in [5, 5.41) is 20.6. The van der Waals surface area contributed by atoms with Crippen molar-refractivity contribution in [2.45, 2.75) is 56.8 Å². The Hall–Kier alpha value is -2.25. The van der Waals surface area contributed by atoms with Gasteiger partial charge in [0.1, 0.15) is 12.4 Å². The number of aliphatic carboxylic acids is 1. The molecule has 1 aromatic heterocycles. The van der Waals surface area contributed by atoms with Gasteiger partial charge in [-0.25, -0.2) is 14.2 Å². The lowest BCUT2D eigenvalue weighted by Gasteiger charge is -2.61. The topological polar surface area (TPSA) is 84.6 Å². The summed E-state index contributed by atoms with van der Waals surface area (Å²) in [6, 6.07) is 4.89. The standard InChI is InChI=1S/C24H27FN2O4/c25-17-3-1-2-16-19-10-26-12-27(19)18(22(16)17)6-20(28)24-7-13-4-14(8-24)23(15(5-13)9-24)31-11-21(29)30/h1-3,10,12-15,18,20,23,28H,4-9,11H2,(H,29,30)/t13?,14-,15?,18?,20?,23?,24?/m1/s1. The molecule has 31 heavy (non-hydrogen) atoms. The highest BCUT2D eigenvalue weighted by Crippen LogP contribution is 2.63. The Labute approximate surface area is 180 Å². The third kappa shape index (κ3) is 2.89. The van der Waals surface area contributed by atoms with E-state index in [2.05, 4.69) is 4.98 Å². The van der Waals surface area contributed by atoms with Gasteiger partial charge in [0.2, 0.25) is 0 Å². The third-order valence-corrected chi connectivity index (χ3v) is 8.45. The fourth-order valence-electron chi connectivity index (χ4n) is 7.58. The zero-order valence-corrected chi connectivity index (χ0v) is 17.3. The molecule has 1 aliphatic heterocycles. The summed E-state index contributed by atoms with van der Waals surface area (Å²) in [6.45, 7) is -0.251. The van der Waals surface area contributed by atoms with Crippen molar-refractivity contribution in [3.8, 4) is 11.3 Å². The summed E-state index contributed by atoms with van der Waals surface area (Å²) in [7, 11) is 0. The predicted molar refractivity (Wildman–Crippen MR) is 110 cm³/mol. The van der Waals surface area contributed by atoms with Gasteiger partial charge in [0.15, 0.2) is 0 Å².